The van der Waals surface area contributed by atoms with Crippen molar-refractivity contribution in [1.29, 1.82) is 0 Å². The number of nitrogens with zero attached hydrogens (tertiary/aromatic N) is 2. The van der Waals surface area contributed by atoms with E-state index in [9.17, 15) is 21.6 Å². The monoisotopic (exact) mass is 528 g/mol. The zero-order chi connectivity index (χ0) is 25.1. The highest BCUT2D eigenvalue weighted by Crippen LogP contribution is 2.27. The van der Waals surface area contributed by atoms with E-state index in [1.54, 1.807) is 35.7 Å². The van der Waals surface area contributed by atoms with Gasteiger partial charge in [-0.3, -0.25) is 13.8 Å². The first-order chi connectivity index (χ1) is 16.7. The molecule has 0 atom stereocenters. The van der Waals surface area contributed by atoms with Crippen LogP contribution in [0.25, 0.3) is 0 Å². The van der Waals surface area contributed by atoms with E-state index in [4.69, 9.17) is 0 Å². The van der Waals surface area contributed by atoms with Gasteiger partial charge in [0.15, 0.2) is 5.13 Å². The van der Waals surface area contributed by atoms with Crippen LogP contribution in [0.1, 0.15) is 10.4 Å². The van der Waals surface area contributed by atoms with Crippen LogP contribution in [0, 0.1) is 0 Å². The van der Waals surface area contributed by atoms with E-state index in [2.05, 4.69) is 15.0 Å². The molecule has 9 nitrogen and oxygen atoms in total. The molecule has 3 aromatic carbocycles. The summed E-state index contributed by atoms with van der Waals surface area (Å²) in [4.78, 5) is 17.0. The highest BCUT2D eigenvalue weighted by Gasteiger charge is 2.25. The number of nitrogens with one attached hydrogen (secondary N) is 2. The van der Waals surface area contributed by atoms with Gasteiger partial charge in [-0.05, 0) is 48.5 Å². The number of anilines is 3. The second kappa shape index (κ2) is 9.86. The molecule has 4 aromatic rings. The number of sulfonamides is 2. The Hall–Kier alpha value is -3.74. The molecule has 1 aromatic heterocycles. The van der Waals surface area contributed by atoms with Crippen LogP contribution in [-0.4, -0.2) is 34.8 Å². The average Bonchev–Trinajstić information content (AvgIpc) is 3.36. The molecule has 0 radical (unpaired) electrons. The molecule has 0 bridgehead atoms. The Labute approximate surface area is 207 Å². The van der Waals surface area contributed by atoms with Gasteiger partial charge in [0.2, 0.25) is 0 Å². The number of para-hydroxylation sites is 1. The molecule has 180 valence electrons. The number of hydrogen-bond acceptors (Lipinski definition) is 7. The summed E-state index contributed by atoms with van der Waals surface area (Å²) in [5.74, 6) is -0.549. The first-order valence-electron chi connectivity index (χ1n) is 10.2. The lowest BCUT2D eigenvalue weighted by molar-refractivity contribution is 0.102. The third-order valence-electron chi connectivity index (χ3n) is 4.97. The number of carbonyl (C=O) groups excluding carboxylic acids is 1. The maximum Gasteiger partial charge on any atom is 0.264 e. The average molecular weight is 529 g/mol. The SMILES string of the molecule is CN(c1ccccc1C(=O)Nc1ccc(S(=O)(=O)Nc2nccs2)cc1)S(=O)(=O)c1ccccc1. The first-order valence-corrected chi connectivity index (χ1v) is 14.0. The van der Waals surface area contributed by atoms with Crippen LogP contribution in [0.3, 0.4) is 0 Å². The normalized spacial score (nSPS) is 11.6. The van der Waals surface area contributed by atoms with Crippen molar-refractivity contribution in [1.82, 2.24) is 4.98 Å². The third-order valence-corrected chi connectivity index (χ3v) is 8.92. The van der Waals surface area contributed by atoms with Crippen molar-refractivity contribution >= 4 is 53.8 Å². The Morgan fingerprint density at radius 1 is 0.857 bits per heavy atom. The molecule has 4 rings (SSSR count). The van der Waals surface area contributed by atoms with Gasteiger partial charge >= 0.3 is 0 Å². The molecule has 2 N–H and O–H groups in total. The summed E-state index contributed by atoms with van der Waals surface area (Å²) in [6.07, 6.45) is 1.49. The second-order valence-electron chi connectivity index (χ2n) is 7.22. The van der Waals surface area contributed by atoms with Gasteiger partial charge in [0.25, 0.3) is 26.0 Å². The summed E-state index contributed by atoms with van der Waals surface area (Å²) < 4.78 is 54.5. The Morgan fingerprint density at radius 3 is 2.17 bits per heavy atom. The molecular formula is C23H20N4O5S3. The maximum absolute atomic E-state index is 13.0. The van der Waals surface area contributed by atoms with Crippen LogP contribution in [0.4, 0.5) is 16.5 Å². The predicted octanol–water partition coefficient (Wildman–Crippen LogP) is 4.02. The maximum atomic E-state index is 13.0. The standard InChI is InChI=1S/C23H20N4O5S3/c1-27(35(31,32)19-7-3-2-4-8-19)21-10-6-5-9-20(21)22(28)25-17-11-13-18(14-12-17)34(29,30)26-23-24-15-16-33-23/h2-16H,1H3,(H,24,26)(H,25,28). The van der Waals surface area contributed by atoms with Crippen molar-refractivity contribution in [3.8, 4) is 0 Å². The highest BCUT2D eigenvalue weighted by atomic mass is 32.2. The van der Waals surface area contributed by atoms with Gasteiger partial charge in [0, 0.05) is 24.3 Å². The molecule has 0 spiro atoms. The Kier molecular flexibility index (Phi) is 6.87. The van der Waals surface area contributed by atoms with E-state index in [1.807, 2.05) is 0 Å². The van der Waals surface area contributed by atoms with Crippen molar-refractivity contribution < 1.29 is 21.6 Å². The fourth-order valence-corrected chi connectivity index (χ4v) is 6.21. The van der Waals surface area contributed by atoms with E-state index in [1.165, 1.54) is 61.8 Å². The minimum absolute atomic E-state index is 0.000197. The van der Waals surface area contributed by atoms with E-state index in [0.717, 1.165) is 15.6 Å². The third kappa shape index (κ3) is 5.34. The molecule has 0 fully saturated rings. The Bertz CT molecular complexity index is 1540. The van der Waals surface area contributed by atoms with Crippen LogP contribution in [0.15, 0.2) is 100 Å². The zero-order valence-corrected chi connectivity index (χ0v) is 20.8. The van der Waals surface area contributed by atoms with E-state index in [0.29, 0.717) is 5.69 Å². The molecule has 12 heteroatoms. The molecule has 35 heavy (non-hydrogen) atoms. The molecule has 0 aliphatic carbocycles. The number of amides is 1. The van der Waals surface area contributed by atoms with Crippen molar-refractivity contribution in [3.05, 3.63) is 96.0 Å². The van der Waals surface area contributed by atoms with Gasteiger partial charge in [0.1, 0.15) is 0 Å². The molecule has 0 saturated heterocycles. The summed E-state index contributed by atoms with van der Waals surface area (Å²) in [7, 11) is -6.34. The van der Waals surface area contributed by atoms with E-state index in [-0.39, 0.29) is 26.2 Å². The number of hydrogen-bond donors (Lipinski definition) is 2. The van der Waals surface area contributed by atoms with Crippen molar-refractivity contribution in [2.24, 2.45) is 0 Å². The smallest absolute Gasteiger partial charge is 0.264 e. The lowest BCUT2D eigenvalue weighted by atomic mass is 10.1. The summed E-state index contributed by atoms with van der Waals surface area (Å²) in [5.41, 5.74) is 0.670. The molecule has 0 unspecified atom stereocenters. The summed E-state index contributed by atoms with van der Waals surface area (Å²) >= 11 is 1.15. The lowest BCUT2D eigenvalue weighted by Gasteiger charge is -2.22. The minimum atomic E-state index is -3.89. The van der Waals surface area contributed by atoms with Crippen LogP contribution in [-0.2, 0) is 20.0 Å². The van der Waals surface area contributed by atoms with Crippen LogP contribution >= 0.6 is 11.3 Å². The molecule has 0 aliphatic heterocycles. The summed E-state index contributed by atoms with van der Waals surface area (Å²) in [6.45, 7) is 0. The fraction of sp³-hybridized carbons (Fsp3) is 0.0435. The number of rotatable bonds is 8. The van der Waals surface area contributed by atoms with E-state index < -0.39 is 26.0 Å². The van der Waals surface area contributed by atoms with Crippen LogP contribution in [0.5, 0.6) is 0 Å². The Morgan fingerprint density at radius 2 is 1.51 bits per heavy atom. The summed E-state index contributed by atoms with van der Waals surface area (Å²) in [6, 6.07) is 19.8. The molecule has 1 amide bonds. The highest BCUT2D eigenvalue weighted by molar-refractivity contribution is 7.93. The second-order valence-corrected chi connectivity index (χ2v) is 11.8. The van der Waals surface area contributed by atoms with Gasteiger partial charge in [-0.25, -0.2) is 21.8 Å². The predicted molar refractivity (Wildman–Crippen MR) is 136 cm³/mol. The summed E-state index contributed by atoms with van der Waals surface area (Å²) in [5, 5.41) is 4.58. The lowest BCUT2D eigenvalue weighted by Crippen LogP contribution is -2.29. The topological polar surface area (TPSA) is 126 Å². The van der Waals surface area contributed by atoms with Gasteiger partial charge in [-0.15, -0.1) is 11.3 Å². The van der Waals surface area contributed by atoms with Crippen molar-refractivity contribution in [2.75, 3.05) is 21.4 Å². The van der Waals surface area contributed by atoms with Gasteiger partial charge in [0.05, 0.1) is 21.0 Å². The number of aromatic nitrogens is 1. The largest absolute Gasteiger partial charge is 0.322 e. The number of carbonyl (C=O) groups is 1. The molecule has 0 aliphatic rings. The molecular weight excluding hydrogens is 508 g/mol. The van der Waals surface area contributed by atoms with Crippen LogP contribution in [0.2, 0.25) is 0 Å². The number of thiazole rings is 1. The van der Waals surface area contributed by atoms with Gasteiger partial charge in [-0.2, -0.15) is 0 Å². The van der Waals surface area contributed by atoms with Gasteiger partial charge < -0.3 is 5.32 Å². The fourth-order valence-electron chi connectivity index (χ4n) is 3.18. The zero-order valence-electron chi connectivity index (χ0n) is 18.3. The van der Waals surface area contributed by atoms with Crippen molar-refractivity contribution in [3.63, 3.8) is 0 Å². The van der Waals surface area contributed by atoms with Crippen LogP contribution < -0.4 is 14.3 Å². The van der Waals surface area contributed by atoms with E-state index >= 15 is 0 Å². The molecule has 1 heterocycles. The minimum Gasteiger partial charge on any atom is -0.322 e. The number of benzene rings is 3. The quantitative estimate of drug-likeness (QED) is 0.356. The van der Waals surface area contributed by atoms with Gasteiger partial charge in [-0.1, -0.05) is 30.3 Å². The molecule has 0 saturated carbocycles. The first kappa shape index (κ1) is 24.4. The van der Waals surface area contributed by atoms with Crippen molar-refractivity contribution in [2.45, 2.75) is 9.79 Å². The Balaban J connectivity index is 1.54.